The number of H-pyrrole nitrogens is 1. The highest BCUT2D eigenvalue weighted by Gasteiger charge is 2.27. The van der Waals surface area contributed by atoms with Crippen molar-refractivity contribution in [1.82, 2.24) is 10.3 Å². The van der Waals surface area contributed by atoms with Gasteiger partial charge in [-0.25, -0.2) is 8.42 Å². The summed E-state index contributed by atoms with van der Waals surface area (Å²) in [5.41, 5.74) is 1.31. The van der Waals surface area contributed by atoms with Crippen LogP contribution in [-0.2, 0) is 16.4 Å². The number of nitrogens with one attached hydrogen (secondary N) is 2. The molecule has 1 atom stereocenters. The first-order chi connectivity index (χ1) is 9.53. The number of para-hydroxylation sites is 1. The van der Waals surface area contributed by atoms with Gasteiger partial charge in [0.25, 0.3) is 5.56 Å². The second-order valence-electron chi connectivity index (χ2n) is 5.19. The predicted octanol–water partition coefficient (Wildman–Crippen LogP) is 0.805. The first-order valence-electron chi connectivity index (χ1n) is 6.58. The Labute approximate surface area is 116 Å². The smallest absolute Gasteiger partial charge is 0.252 e. The van der Waals surface area contributed by atoms with Gasteiger partial charge in [-0.2, -0.15) is 0 Å². The van der Waals surface area contributed by atoms with E-state index in [2.05, 4.69) is 10.3 Å². The molecule has 0 radical (unpaired) electrons. The highest BCUT2D eigenvalue weighted by atomic mass is 32.2. The van der Waals surface area contributed by atoms with Gasteiger partial charge in [0.05, 0.1) is 11.5 Å². The van der Waals surface area contributed by atoms with Gasteiger partial charge in [-0.05, 0) is 23.9 Å². The van der Waals surface area contributed by atoms with Crippen molar-refractivity contribution in [2.24, 2.45) is 0 Å². The standard InChI is InChI=1S/C14H16N2O3S/c17-14-11(7-10-3-1-2-4-13(10)16-14)8-15-12-5-6-20(18,19)9-12/h1-4,7,12,15H,5-6,8-9H2,(H,16,17)/t12-/m1/s1. The van der Waals surface area contributed by atoms with E-state index in [9.17, 15) is 13.2 Å². The van der Waals surface area contributed by atoms with Crippen molar-refractivity contribution >= 4 is 20.7 Å². The average molecular weight is 292 g/mol. The molecule has 106 valence electrons. The second kappa shape index (κ2) is 5.03. The fraction of sp³-hybridized carbons (Fsp3) is 0.357. The highest BCUT2D eigenvalue weighted by molar-refractivity contribution is 7.91. The Kier molecular flexibility index (Phi) is 3.35. The number of aromatic amines is 1. The first-order valence-corrected chi connectivity index (χ1v) is 8.40. The third kappa shape index (κ3) is 2.76. The van der Waals surface area contributed by atoms with Gasteiger partial charge in [0.2, 0.25) is 0 Å². The van der Waals surface area contributed by atoms with E-state index in [1.54, 1.807) is 0 Å². The zero-order chi connectivity index (χ0) is 14.2. The predicted molar refractivity (Wildman–Crippen MR) is 78.5 cm³/mol. The summed E-state index contributed by atoms with van der Waals surface area (Å²) in [4.78, 5) is 14.8. The van der Waals surface area contributed by atoms with Gasteiger partial charge in [0, 0.05) is 23.7 Å². The molecule has 2 heterocycles. The van der Waals surface area contributed by atoms with Crippen molar-refractivity contribution < 1.29 is 8.42 Å². The molecule has 1 aromatic carbocycles. The van der Waals surface area contributed by atoms with Gasteiger partial charge < -0.3 is 10.3 Å². The highest BCUT2D eigenvalue weighted by Crippen LogP contribution is 2.13. The molecule has 0 amide bonds. The molecule has 6 heteroatoms. The lowest BCUT2D eigenvalue weighted by Gasteiger charge is -2.10. The normalized spacial score (nSPS) is 21.3. The van der Waals surface area contributed by atoms with E-state index in [0.29, 0.717) is 18.5 Å². The zero-order valence-corrected chi connectivity index (χ0v) is 11.7. The monoisotopic (exact) mass is 292 g/mol. The number of benzene rings is 1. The molecule has 1 aliphatic heterocycles. The molecule has 1 aromatic heterocycles. The summed E-state index contributed by atoms with van der Waals surface area (Å²) >= 11 is 0. The van der Waals surface area contributed by atoms with E-state index in [1.807, 2.05) is 30.3 Å². The summed E-state index contributed by atoms with van der Waals surface area (Å²) in [6.07, 6.45) is 0.619. The molecular weight excluding hydrogens is 276 g/mol. The van der Waals surface area contributed by atoms with Crippen LogP contribution in [-0.4, -0.2) is 30.9 Å². The molecule has 20 heavy (non-hydrogen) atoms. The van der Waals surface area contributed by atoms with Crippen molar-refractivity contribution in [2.75, 3.05) is 11.5 Å². The van der Waals surface area contributed by atoms with Crippen LogP contribution < -0.4 is 10.9 Å². The minimum Gasteiger partial charge on any atom is -0.322 e. The summed E-state index contributed by atoms with van der Waals surface area (Å²) in [5.74, 6) is 0.400. The topological polar surface area (TPSA) is 79.0 Å². The van der Waals surface area contributed by atoms with Gasteiger partial charge in [-0.15, -0.1) is 0 Å². The zero-order valence-electron chi connectivity index (χ0n) is 10.9. The Balaban J connectivity index is 1.78. The Hall–Kier alpha value is -1.66. The van der Waals surface area contributed by atoms with Crippen LogP contribution in [0.3, 0.4) is 0 Å². The molecule has 0 spiro atoms. The lowest BCUT2D eigenvalue weighted by atomic mass is 10.1. The quantitative estimate of drug-likeness (QED) is 0.877. The van der Waals surface area contributed by atoms with Crippen LogP contribution in [0.15, 0.2) is 35.1 Å². The van der Waals surface area contributed by atoms with Gasteiger partial charge >= 0.3 is 0 Å². The maximum Gasteiger partial charge on any atom is 0.252 e. The summed E-state index contributed by atoms with van der Waals surface area (Å²) in [6.45, 7) is 0.389. The van der Waals surface area contributed by atoms with Crippen molar-refractivity contribution in [2.45, 2.75) is 19.0 Å². The van der Waals surface area contributed by atoms with Gasteiger partial charge in [-0.3, -0.25) is 4.79 Å². The van der Waals surface area contributed by atoms with E-state index >= 15 is 0 Å². The fourth-order valence-electron chi connectivity index (χ4n) is 2.53. The summed E-state index contributed by atoms with van der Waals surface area (Å²) in [6, 6.07) is 9.39. The van der Waals surface area contributed by atoms with E-state index in [0.717, 1.165) is 10.9 Å². The second-order valence-corrected chi connectivity index (χ2v) is 7.42. The Bertz CT molecular complexity index is 795. The molecule has 2 aromatic rings. The van der Waals surface area contributed by atoms with Crippen LogP contribution >= 0.6 is 0 Å². The minimum absolute atomic E-state index is 0.0501. The number of fused-ring (bicyclic) bond motifs is 1. The van der Waals surface area contributed by atoms with E-state index in [1.165, 1.54) is 0 Å². The lowest BCUT2D eigenvalue weighted by molar-refractivity contribution is 0.552. The third-order valence-electron chi connectivity index (χ3n) is 3.64. The molecule has 2 N–H and O–H groups in total. The summed E-state index contributed by atoms with van der Waals surface area (Å²) in [5, 5.41) is 4.13. The lowest BCUT2D eigenvalue weighted by Crippen LogP contribution is -2.31. The van der Waals surface area contributed by atoms with Crippen molar-refractivity contribution in [3.05, 3.63) is 46.2 Å². The molecule has 1 aliphatic rings. The summed E-state index contributed by atoms with van der Waals surface area (Å²) in [7, 11) is -2.89. The van der Waals surface area contributed by atoms with E-state index in [-0.39, 0.29) is 23.1 Å². The van der Waals surface area contributed by atoms with Crippen LogP contribution in [0, 0.1) is 0 Å². The molecule has 0 bridgehead atoms. The molecule has 0 unspecified atom stereocenters. The first kappa shape index (κ1) is 13.3. The van der Waals surface area contributed by atoms with Crippen molar-refractivity contribution in [3.63, 3.8) is 0 Å². The summed E-state index contributed by atoms with van der Waals surface area (Å²) < 4.78 is 22.8. The van der Waals surface area contributed by atoms with Crippen LogP contribution in [0.4, 0.5) is 0 Å². The number of rotatable bonds is 3. The number of pyridine rings is 1. The average Bonchev–Trinajstić information content (AvgIpc) is 2.76. The van der Waals surface area contributed by atoms with Crippen LogP contribution in [0.5, 0.6) is 0 Å². The number of aromatic nitrogens is 1. The third-order valence-corrected chi connectivity index (χ3v) is 5.41. The van der Waals surface area contributed by atoms with Gasteiger partial charge in [-0.1, -0.05) is 18.2 Å². The molecular formula is C14H16N2O3S. The van der Waals surface area contributed by atoms with Gasteiger partial charge in [0.1, 0.15) is 0 Å². The Morgan fingerprint density at radius 1 is 1.30 bits per heavy atom. The largest absolute Gasteiger partial charge is 0.322 e. The molecule has 3 rings (SSSR count). The molecule has 0 aliphatic carbocycles. The number of sulfone groups is 1. The SMILES string of the molecule is O=c1[nH]c2ccccc2cc1CN[C@@H]1CCS(=O)(=O)C1. The minimum atomic E-state index is -2.89. The number of hydrogen-bond acceptors (Lipinski definition) is 4. The Morgan fingerprint density at radius 3 is 2.85 bits per heavy atom. The van der Waals surface area contributed by atoms with Crippen molar-refractivity contribution in [1.29, 1.82) is 0 Å². The molecule has 1 saturated heterocycles. The van der Waals surface area contributed by atoms with E-state index < -0.39 is 9.84 Å². The molecule has 0 saturated carbocycles. The Morgan fingerprint density at radius 2 is 2.10 bits per heavy atom. The maximum atomic E-state index is 12.0. The molecule has 5 nitrogen and oxygen atoms in total. The van der Waals surface area contributed by atoms with Gasteiger partial charge in [0.15, 0.2) is 9.84 Å². The number of hydrogen-bond donors (Lipinski definition) is 2. The van der Waals surface area contributed by atoms with Crippen LogP contribution in [0.25, 0.3) is 10.9 Å². The van der Waals surface area contributed by atoms with Crippen LogP contribution in [0.2, 0.25) is 0 Å². The van der Waals surface area contributed by atoms with Crippen LogP contribution in [0.1, 0.15) is 12.0 Å². The molecule has 1 fully saturated rings. The van der Waals surface area contributed by atoms with Crippen molar-refractivity contribution in [3.8, 4) is 0 Å². The fourth-order valence-corrected chi connectivity index (χ4v) is 4.24. The maximum absolute atomic E-state index is 12.0. The van der Waals surface area contributed by atoms with E-state index in [4.69, 9.17) is 0 Å².